The van der Waals surface area contributed by atoms with Gasteiger partial charge in [0, 0.05) is 40.0 Å². The van der Waals surface area contributed by atoms with E-state index in [1.807, 2.05) is 19.1 Å². The maximum Gasteiger partial charge on any atom is 0.159 e. The molecule has 1 aromatic rings. The Kier molecular flexibility index (Phi) is 5.18. The van der Waals surface area contributed by atoms with Crippen molar-refractivity contribution in [3.05, 3.63) is 29.3 Å². The Morgan fingerprint density at radius 1 is 1.42 bits per heavy atom. The maximum absolute atomic E-state index is 10.9. The van der Waals surface area contributed by atoms with E-state index in [0.29, 0.717) is 0 Å². The van der Waals surface area contributed by atoms with Crippen molar-refractivity contribution in [2.24, 2.45) is 0 Å². The van der Waals surface area contributed by atoms with Gasteiger partial charge in [0.05, 0.1) is 0 Å². The standard InChI is InChI=1S/C9H10OS.Na/c1-6-5-8(7(2)10)3-4-9(6)11;/h3-5,11H,1-2H3;. The average Bonchev–Trinajstić information content (AvgIpc) is 1.94. The molecule has 0 atom stereocenters. The number of carbonyl (C=O) groups excluding carboxylic acids is 1. The van der Waals surface area contributed by atoms with E-state index in [0.717, 1.165) is 16.0 Å². The first-order valence-electron chi connectivity index (χ1n) is 3.42. The van der Waals surface area contributed by atoms with Crippen LogP contribution in [0.4, 0.5) is 0 Å². The van der Waals surface area contributed by atoms with Crippen molar-refractivity contribution >= 4 is 48.0 Å². The fourth-order valence-electron chi connectivity index (χ4n) is 0.874. The fraction of sp³-hybridized carbons (Fsp3) is 0.222. The molecule has 12 heavy (non-hydrogen) atoms. The van der Waals surface area contributed by atoms with Gasteiger partial charge in [0.25, 0.3) is 0 Å². The zero-order chi connectivity index (χ0) is 8.43. The van der Waals surface area contributed by atoms with E-state index in [4.69, 9.17) is 0 Å². The second kappa shape index (κ2) is 5.07. The van der Waals surface area contributed by atoms with E-state index in [-0.39, 0.29) is 35.3 Å². The molecule has 0 saturated carbocycles. The molecule has 1 radical (unpaired) electrons. The summed E-state index contributed by atoms with van der Waals surface area (Å²) in [7, 11) is 0. The van der Waals surface area contributed by atoms with Crippen molar-refractivity contribution < 1.29 is 4.79 Å². The molecule has 59 valence electrons. The molecule has 0 fully saturated rings. The fourth-order valence-corrected chi connectivity index (χ4v) is 1.01. The summed E-state index contributed by atoms with van der Waals surface area (Å²) in [6.07, 6.45) is 0. The molecule has 0 aliphatic rings. The molecule has 0 spiro atoms. The first-order chi connectivity index (χ1) is 5.11. The molecule has 0 bridgehead atoms. The summed E-state index contributed by atoms with van der Waals surface area (Å²) in [5.41, 5.74) is 1.79. The third-order valence-electron chi connectivity index (χ3n) is 1.60. The van der Waals surface area contributed by atoms with Gasteiger partial charge in [-0.3, -0.25) is 4.79 Å². The molecule has 1 aromatic carbocycles. The number of hydrogen-bond acceptors (Lipinski definition) is 2. The number of hydrogen-bond donors (Lipinski definition) is 1. The van der Waals surface area contributed by atoms with Crippen molar-refractivity contribution in [2.75, 3.05) is 0 Å². The van der Waals surface area contributed by atoms with E-state index in [1.54, 1.807) is 13.0 Å². The minimum Gasteiger partial charge on any atom is -0.295 e. The number of benzene rings is 1. The van der Waals surface area contributed by atoms with Crippen LogP contribution in [0.1, 0.15) is 22.8 Å². The Balaban J connectivity index is 0.00000121. The molecule has 1 rings (SSSR count). The first kappa shape index (κ1) is 12.2. The first-order valence-corrected chi connectivity index (χ1v) is 3.86. The van der Waals surface area contributed by atoms with E-state index in [2.05, 4.69) is 12.6 Å². The molecule has 0 aliphatic carbocycles. The third kappa shape index (κ3) is 2.94. The van der Waals surface area contributed by atoms with Gasteiger partial charge in [0.1, 0.15) is 0 Å². The van der Waals surface area contributed by atoms with Gasteiger partial charge in [0.2, 0.25) is 0 Å². The molecule has 3 heteroatoms. The Labute approximate surface area is 100 Å². The summed E-state index contributed by atoms with van der Waals surface area (Å²) < 4.78 is 0. The topological polar surface area (TPSA) is 17.1 Å². The van der Waals surface area contributed by atoms with Crippen LogP contribution in [0, 0.1) is 6.92 Å². The van der Waals surface area contributed by atoms with Gasteiger partial charge in [0.15, 0.2) is 5.78 Å². The van der Waals surface area contributed by atoms with Gasteiger partial charge in [-0.2, -0.15) is 0 Å². The van der Waals surface area contributed by atoms with Crippen LogP contribution in [0.5, 0.6) is 0 Å². The second-order valence-electron chi connectivity index (χ2n) is 2.56. The minimum absolute atomic E-state index is 0. The molecule has 0 heterocycles. The molecule has 0 aliphatic heterocycles. The van der Waals surface area contributed by atoms with Gasteiger partial charge in [-0.05, 0) is 31.5 Å². The van der Waals surface area contributed by atoms with Crippen LogP contribution in [0.15, 0.2) is 23.1 Å². The summed E-state index contributed by atoms with van der Waals surface area (Å²) >= 11 is 4.20. The smallest absolute Gasteiger partial charge is 0.159 e. The van der Waals surface area contributed by atoms with Crippen molar-refractivity contribution in [1.29, 1.82) is 0 Å². The van der Waals surface area contributed by atoms with Gasteiger partial charge in [-0.1, -0.05) is 6.07 Å². The molecule has 0 amide bonds. The number of aryl methyl sites for hydroxylation is 1. The molecular formula is C9H10NaOS. The van der Waals surface area contributed by atoms with Gasteiger partial charge in [-0.15, -0.1) is 12.6 Å². The molecular weight excluding hydrogens is 179 g/mol. The van der Waals surface area contributed by atoms with Crippen LogP contribution >= 0.6 is 12.6 Å². The van der Waals surface area contributed by atoms with Crippen molar-refractivity contribution in [3.8, 4) is 0 Å². The monoisotopic (exact) mass is 189 g/mol. The SMILES string of the molecule is CC(=O)c1ccc(S)c(C)c1.[Na]. The summed E-state index contributed by atoms with van der Waals surface area (Å²) in [4.78, 5) is 11.8. The van der Waals surface area contributed by atoms with Crippen molar-refractivity contribution in [1.82, 2.24) is 0 Å². The quantitative estimate of drug-likeness (QED) is 0.407. The summed E-state index contributed by atoms with van der Waals surface area (Å²) in [5.74, 6) is 0.0985. The molecule has 0 aromatic heterocycles. The van der Waals surface area contributed by atoms with Gasteiger partial charge in [-0.25, -0.2) is 0 Å². The average molecular weight is 189 g/mol. The van der Waals surface area contributed by atoms with Crippen LogP contribution in [-0.2, 0) is 0 Å². The molecule has 0 saturated heterocycles. The van der Waals surface area contributed by atoms with Crippen LogP contribution in [-0.4, -0.2) is 35.3 Å². The Bertz CT molecular complexity index is 297. The zero-order valence-electron chi connectivity index (χ0n) is 7.59. The molecule has 1 nitrogen and oxygen atoms in total. The predicted molar refractivity (Wildman–Crippen MR) is 54.2 cm³/mol. The maximum atomic E-state index is 10.9. The Morgan fingerprint density at radius 3 is 2.42 bits per heavy atom. The van der Waals surface area contributed by atoms with E-state index in [1.165, 1.54) is 0 Å². The largest absolute Gasteiger partial charge is 0.295 e. The van der Waals surface area contributed by atoms with Gasteiger partial charge < -0.3 is 0 Å². The summed E-state index contributed by atoms with van der Waals surface area (Å²) in [6.45, 7) is 3.50. The minimum atomic E-state index is 0. The van der Waals surface area contributed by atoms with Crippen LogP contribution in [0.3, 0.4) is 0 Å². The number of ketones is 1. The third-order valence-corrected chi connectivity index (χ3v) is 2.11. The molecule has 0 N–H and O–H groups in total. The van der Waals surface area contributed by atoms with E-state index in [9.17, 15) is 4.79 Å². The summed E-state index contributed by atoms with van der Waals surface area (Å²) in [6, 6.07) is 5.48. The van der Waals surface area contributed by atoms with Crippen LogP contribution < -0.4 is 0 Å². The number of thiol groups is 1. The van der Waals surface area contributed by atoms with Crippen LogP contribution in [0.25, 0.3) is 0 Å². The summed E-state index contributed by atoms with van der Waals surface area (Å²) in [5, 5.41) is 0. The number of Topliss-reactive ketones (excluding diaryl/α,β-unsaturated/α-hetero) is 1. The van der Waals surface area contributed by atoms with Crippen molar-refractivity contribution in [2.45, 2.75) is 18.7 Å². The zero-order valence-corrected chi connectivity index (χ0v) is 10.5. The normalized spacial score (nSPS) is 8.92. The predicted octanol–water partition coefficient (Wildman–Crippen LogP) is 2.11. The molecule has 0 unspecified atom stereocenters. The van der Waals surface area contributed by atoms with E-state index >= 15 is 0 Å². The number of rotatable bonds is 1. The van der Waals surface area contributed by atoms with Crippen molar-refractivity contribution in [3.63, 3.8) is 0 Å². The Hall–Kier alpha value is 0.240. The second-order valence-corrected chi connectivity index (χ2v) is 3.04. The van der Waals surface area contributed by atoms with E-state index < -0.39 is 0 Å². The Morgan fingerprint density at radius 2 is 2.00 bits per heavy atom. The van der Waals surface area contributed by atoms with Crippen LogP contribution in [0.2, 0.25) is 0 Å². The number of carbonyl (C=O) groups is 1. The van der Waals surface area contributed by atoms with Gasteiger partial charge >= 0.3 is 0 Å².